The number of ether oxygens (including phenoxy) is 1. The molecule has 18 heavy (non-hydrogen) atoms. The molecule has 1 aliphatic carbocycles. The topological polar surface area (TPSA) is 46.5 Å². The van der Waals surface area contributed by atoms with E-state index in [0.29, 0.717) is 18.3 Å². The predicted molar refractivity (Wildman–Crippen MR) is 73.2 cm³/mol. The van der Waals surface area contributed by atoms with Gasteiger partial charge in [0.15, 0.2) is 0 Å². The van der Waals surface area contributed by atoms with Gasteiger partial charge < -0.3 is 9.84 Å². The van der Waals surface area contributed by atoms with Crippen molar-refractivity contribution in [2.45, 2.75) is 32.1 Å². The van der Waals surface area contributed by atoms with Crippen molar-refractivity contribution in [3.8, 4) is 5.75 Å². The lowest BCUT2D eigenvalue weighted by Gasteiger charge is -2.22. The number of carbonyl (C=O) groups is 1. The molecule has 0 bridgehead atoms. The number of halogens is 1. The molecule has 0 radical (unpaired) electrons. The number of benzene rings is 1. The van der Waals surface area contributed by atoms with Crippen molar-refractivity contribution in [2.75, 3.05) is 6.61 Å². The number of hydrogen-bond acceptors (Lipinski definition) is 2. The molecule has 0 saturated heterocycles. The van der Waals surface area contributed by atoms with Gasteiger partial charge in [0.2, 0.25) is 0 Å². The molecule has 0 unspecified atom stereocenters. The summed E-state index contributed by atoms with van der Waals surface area (Å²) in [5, 5.41) is 8.95. The molecule has 4 heteroatoms. The summed E-state index contributed by atoms with van der Waals surface area (Å²) in [6.45, 7) is 0.682. The quantitative estimate of drug-likeness (QED) is 0.910. The lowest BCUT2D eigenvalue weighted by molar-refractivity contribution is 0.0696. The Morgan fingerprint density at radius 2 is 2.06 bits per heavy atom. The van der Waals surface area contributed by atoms with Gasteiger partial charge in [-0.2, -0.15) is 0 Å². The van der Waals surface area contributed by atoms with Crippen LogP contribution in [-0.4, -0.2) is 17.7 Å². The third kappa shape index (κ3) is 3.48. The van der Waals surface area contributed by atoms with Gasteiger partial charge in [-0.15, -0.1) is 0 Å². The second-order valence-corrected chi connectivity index (χ2v) is 5.62. The van der Waals surface area contributed by atoms with Crippen molar-refractivity contribution in [1.29, 1.82) is 0 Å². The number of hydrogen-bond donors (Lipinski definition) is 1. The molecule has 1 aromatic rings. The van der Waals surface area contributed by atoms with Crippen LogP contribution in [0.3, 0.4) is 0 Å². The second-order valence-electron chi connectivity index (χ2n) is 4.77. The third-order valence-corrected chi connectivity index (χ3v) is 4.03. The largest absolute Gasteiger partial charge is 0.492 e. The summed E-state index contributed by atoms with van der Waals surface area (Å²) in [7, 11) is 0. The second kappa shape index (κ2) is 6.23. The fourth-order valence-electron chi connectivity index (χ4n) is 2.31. The molecular weight excluding hydrogens is 296 g/mol. The van der Waals surface area contributed by atoms with Gasteiger partial charge in [0.25, 0.3) is 0 Å². The number of carboxylic acids is 1. The van der Waals surface area contributed by atoms with Crippen LogP contribution >= 0.6 is 15.9 Å². The lowest BCUT2D eigenvalue weighted by Crippen LogP contribution is -2.15. The van der Waals surface area contributed by atoms with E-state index in [4.69, 9.17) is 9.84 Å². The molecule has 0 aromatic heterocycles. The average molecular weight is 313 g/mol. The maximum atomic E-state index is 10.9. The molecule has 3 nitrogen and oxygen atoms in total. The van der Waals surface area contributed by atoms with Crippen molar-refractivity contribution in [2.24, 2.45) is 5.92 Å². The van der Waals surface area contributed by atoms with E-state index in [1.807, 2.05) is 0 Å². The fourth-order valence-corrected chi connectivity index (χ4v) is 2.67. The minimum absolute atomic E-state index is 0.261. The summed E-state index contributed by atoms with van der Waals surface area (Å²) in [6, 6.07) is 4.87. The van der Waals surface area contributed by atoms with Gasteiger partial charge in [-0.3, -0.25) is 0 Å². The summed E-state index contributed by atoms with van der Waals surface area (Å²) in [6.07, 6.45) is 6.33. The zero-order valence-electron chi connectivity index (χ0n) is 10.2. The van der Waals surface area contributed by atoms with Gasteiger partial charge in [0.05, 0.1) is 16.6 Å². The maximum Gasteiger partial charge on any atom is 0.335 e. The van der Waals surface area contributed by atoms with E-state index < -0.39 is 5.97 Å². The summed E-state index contributed by atoms with van der Waals surface area (Å²) in [5.74, 6) is 0.310. The molecule has 98 valence electrons. The molecule has 0 atom stereocenters. The van der Waals surface area contributed by atoms with Crippen LogP contribution in [-0.2, 0) is 0 Å². The highest BCUT2D eigenvalue weighted by atomic mass is 79.9. The number of carboxylic acid groups (broad SMARTS) is 1. The van der Waals surface area contributed by atoms with Crippen molar-refractivity contribution >= 4 is 21.9 Å². The molecule has 0 amide bonds. The van der Waals surface area contributed by atoms with Crippen molar-refractivity contribution in [1.82, 2.24) is 0 Å². The zero-order valence-corrected chi connectivity index (χ0v) is 11.8. The van der Waals surface area contributed by atoms with Crippen molar-refractivity contribution in [3.63, 3.8) is 0 Å². The molecule has 0 aliphatic heterocycles. The van der Waals surface area contributed by atoms with Crippen LogP contribution in [0.2, 0.25) is 0 Å². The van der Waals surface area contributed by atoms with Crippen LogP contribution in [0.25, 0.3) is 0 Å². The monoisotopic (exact) mass is 312 g/mol. The number of aromatic carboxylic acids is 1. The molecule has 1 aliphatic rings. The van der Waals surface area contributed by atoms with Crippen LogP contribution in [0.1, 0.15) is 42.5 Å². The Labute approximate surface area is 115 Å². The van der Waals surface area contributed by atoms with Crippen LogP contribution in [0.15, 0.2) is 22.7 Å². The molecule has 2 rings (SSSR count). The van der Waals surface area contributed by atoms with E-state index in [1.54, 1.807) is 18.2 Å². The first-order valence-electron chi connectivity index (χ1n) is 6.32. The van der Waals surface area contributed by atoms with Crippen molar-refractivity contribution in [3.05, 3.63) is 28.2 Å². The Balaban J connectivity index is 1.99. The first-order chi connectivity index (χ1) is 8.66. The van der Waals surface area contributed by atoms with Crippen molar-refractivity contribution < 1.29 is 14.6 Å². The van der Waals surface area contributed by atoms with E-state index in [0.717, 1.165) is 4.47 Å². The van der Waals surface area contributed by atoms with Gasteiger partial charge in [0, 0.05) is 0 Å². The molecule has 0 spiro atoms. The first-order valence-corrected chi connectivity index (χ1v) is 7.12. The smallest absolute Gasteiger partial charge is 0.335 e. The highest BCUT2D eigenvalue weighted by Gasteiger charge is 2.15. The number of rotatable bonds is 4. The SMILES string of the molecule is O=C(O)c1ccc(Br)c(OCC2CCCCC2)c1. The zero-order chi connectivity index (χ0) is 13.0. The van der Waals surface area contributed by atoms with Crippen LogP contribution in [0, 0.1) is 5.92 Å². The van der Waals surface area contributed by atoms with E-state index in [9.17, 15) is 4.79 Å². The van der Waals surface area contributed by atoms with Crippen LogP contribution < -0.4 is 4.74 Å². The van der Waals surface area contributed by atoms with E-state index in [2.05, 4.69) is 15.9 Å². The minimum atomic E-state index is -0.926. The van der Waals surface area contributed by atoms with Gasteiger partial charge in [-0.25, -0.2) is 4.79 Å². The fraction of sp³-hybridized carbons (Fsp3) is 0.500. The predicted octanol–water partition coefficient (Wildman–Crippen LogP) is 4.11. The Bertz CT molecular complexity index is 425. The van der Waals surface area contributed by atoms with E-state index >= 15 is 0 Å². The minimum Gasteiger partial charge on any atom is -0.492 e. The normalized spacial score (nSPS) is 16.5. The Hall–Kier alpha value is -1.03. The first kappa shape index (κ1) is 13.4. The molecule has 1 fully saturated rings. The third-order valence-electron chi connectivity index (χ3n) is 3.38. The van der Waals surface area contributed by atoms with Gasteiger partial charge in [-0.05, 0) is 52.9 Å². The van der Waals surface area contributed by atoms with Gasteiger partial charge in [0.1, 0.15) is 5.75 Å². The maximum absolute atomic E-state index is 10.9. The highest BCUT2D eigenvalue weighted by molar-refractivity contribution is 9.10. The molecule has 0 heterocycles. The van der Waals surface area contributed by atoms with Crippen LogP contribution in [0.4, 0.5) is 0 Å². The summed E-state index contributed by atoms with van der Waals surface area (Å²) >= 11 is 3.39. The Morgan fingerprint density at radius 3 is 2.72 bits per heavy atom. The van der Waals surface area contributed by atoms with E-state index in [-0.39, 0.29) is 5.56 Å². The van der Waals surface area contributed by atoms with Gasteiger partial charge in [-0.1, -0.05) is 19.3 Å². The molecule has 1 aromatic carbocycles. The van der Waals surface area contributed by atoms with E-state index in [1.165, 1.54) is 32.1 Å². The molecular formula is C14H17BrO3. The Morgan fingerprint density at radius 1 is 1.33 bits per heavy atom. The summed E-state index contributed by atoms with van der Waals surface area (Å²) < 4.78 is 6.57. The Kier molecular flexibility index (Phi) is 4.64. The molecule has 1 N–H and O–H groups in total. The average Bonchev–Trinajstić information content (AvgIpc) is 2.38. The highest BCUT2D eigenvalue weighted by Crippen LogP contribution is 2.29. The summed E-state index contributed by atoms with van der Waals surface area (Å²) in [4.78, 5) is 10.9. The van der Waals surface area contributed by atoms with Crippen LogP contribution in [0.5, 0.6) is 5.75 Å². The van der Waals surface area contributed by atoms with Gasteiger partial charge >= 0.3 is 5.97 Å². The summed E-state index contributed by atoms with van der Waals surface area (Å²) in [5.41, 5.74) is 0.261. The standard InChI is InChI=1S/C14H17BrO3/c15-12-7-6-11(14(16)17)8-13(12)18-9-10-4-2-1-3-5-10/h6-8,10H,1-5,9H2,(H,16,17). The lowest BCUT2D eigenvalue weighted by atomic mass is 9.90. The molecule has 1 saturated carbocycles.